The van der Waals surface area contributed by atoms with Gasteiger partial charge in [0, 0.05) is 37.4 Å². The van der Waals surface area contributed by atoms with Crippen LogP contribution in [0.2, 0.25) is 0 Å². The molecule has 2 saturated carbocycles. The first kappa shape index (κ1) is 14.1. The molecule has 3 atom stereocenters. The van der Waals surface area contributed by atoms with E-state index in [0.29, 0.717) is 17.9 Å². The molecule has 0 unspecified atom stereocenters. The van der Waals surface area contributed by atoms with Gasteiger partial charge in [-0.25, -0.2) is 9.97 Å². The molecular weight excluding hydrogens is 276 g/mol. The van der Waals surface area contributed by atoms with E-state index in [1.807, 2.05) is 6.07 Å². The van der Waals surface area contributed by atoms with E-state index >= 15 is 0 Å². The summed E-state index contributed by atoms with van der Waals surface area (Å²) in [6.45, 7) is 2.54. The largest absolute Gasteiger partial charge is 0.341 e. The second-order valence-electron chi connectivity index (χ2n) is 7.15. The number of hydrogen-bond acceptors (Lipinski definition) is 4. The minimum atomic E-state index is 0.356. The Morgan fingerprint density at radius 2 is 2.09 bits per heavy atom. The standard InChI is InChI=1S/C17H24N4O/c1-20(11-16-18-6-2-7-19-16)13-5-8-21(10-13)17(22)15-9-14(15)12-3-4-12/h2,6-7,12-15H,3-5,8-11H2,1H3/t13-,14-,15-/m1/s1. The number of hydrogen-bond donors (Lipinski definition) is 0. The highest BCUT2D eigenvalue weighted by Gasteiger charge is 2.52. The lowest BCUT2D eigenvalue weighted by atomic mass is 10.2. The van der Waals surface area contributed by atoms with Crippen LogP contribution in [0.1, 0.15) is 31.5 Å². The van der Waals surface area contributed by atoms with E-state index in [1.54, 1.807) is 12.4 Å². The molecular formula is C17H24N4O. The van der Waals surface area contributed by atoms with Gasteiger partial charge in [-0.1, -0.05) is 0 Å². The number of likely N-dealkylation sites (tertiary alicyclic amines) is 1. The van der Waals surface area contributed by atoms with Crippen LogP contribution < -0.4 is 0 Å². The summed E-state index contributed by atoms with van der Waals surface area (Å²) in [5.41, 5.74) is 0. The van der Waals surface area contributed by atoms with Crippen molar-refractivity contribution in [2.45, 2.75) is 38.3 Å². The van der Waals surface area contributed by atoms with Gasteiger partial charge in [-0.15, -0.1) is 0 Å². The fourth-order valence-electron chi connectivity index (χ4n) is 3.84. The Labute approximate surface area is 131 Å². The molecule has 5 heteroatoms. The van der Waals surface area contributed by atoms with Crippen LogP contribution >= 0.6 is 0 Å². The van der Waals surface area contributed by atoms with Crippen LogP contribution in [0.25, 0.3) is 0 Å². The van der Waals surface area contributed by atoms with Crippen LogP contribution in [-0.4, -0.2) is 51.9 Å². The SMILES string of the molecule is CN(Cc1ncccn1)[C@@H]1CCN(C(=O)[C@@H]2C[C@@H]2C2CC2)C1. The van der Waals surface area contributed by atoms with Gasteiger partial charge in [0.2, 0.25) is 5.91 Å². The van der Waals surface area contributed by atoms with Crippen LogP contribution in [-0.2, 0) is 11.3 Å². The van der Waals surface area contributed by atoms with Gasteiger partial charge in [0.05, 0.1) is 6.54 Å². The lowest BCUT2D eigenvalue weighted by molar-refractivity contribution is -0.132. The zero-order valence-corrected chi connectivity index (χ0v) is 13.2. The average Bonchev–Trinajstić information content (AvgIpc) is 3.43. The average molecular weight is 300 g/mol. The topological polar surface area (TPSA) is 49.3 Å². The summed E-state index contributed by atoms with van der Waals surface area (Å²) in [7, 11) is 2.11. The van der Waals surface area contributed by atoms with Crippen molar-refractivity contribution in [3.8, 4) is 0 Å². The van der Waals surface area contributed by atoms with Gasteiger partial charge in [-0.2, -0.15) is 0 Å². The zero-order chi connectivity index (χ0) is 15.1. The number of nitrogens with zero attached hydrogens (tertiary/aromatic N) is 4. The van der Waals surface area contributed by atoms with E-state index in [4.69, 9.17) is 0 Å². The maximum atomic E-state index is 12.6. The summed E-state index contributed by atoms with van der Waals surface area (Å²) in [6.07, 6.45) is 8.50. The van der Waals surface area contributed by atoms with E-state index in [2.05, 4.69) is 26.8 Å². The highest BCUT2D eigenvalue weighted by atomic mass is 16.2. The third-order valence-electron chi connectivity index (χ3n) is 5.49. The van der Waals surface area contributed by atoms with Gasteiger partial charge in [0.25, 0.3) is 0 Å². The lowest BCUT2D eigenvalue weighted by Crippen LogP contribution is -2.37. The highest BCUT2D eigenvalue weighted by molar-refractivity contribution is 5.82. The fraction of sp³-hybridized carbons (Fsp3) is 0.706. The number of amides is 1. The first-order valence-electron chi connectivity index (χ1n) is 8.47. The summed E-state index contributed by atoms with van der Waals surface area (Å²) < 4.78 is 0. The van der Waals surface area contributed by atoms with E-state index in [-0.39, 0.29) is 0 Å². The summed E-state index contributed by atoms with van der Waals surface area (Å²) >= 11 is 0. The molecule has 0 bridgehead atoms. The molecule has 1 saturated heterocycles. The zero-order valence-electron chi connectivity index (χ0n) is 13.2. The van der Waals surface area contributed by atoms with Crippen molar-refractivity contribution in [3.63, 3.8) is 0 Å². The number of carbonyl (C=O) groups is 1. The third-order valence-corrected chi connectivity index (χ3v) is 5.49. The van der Waals surface area contributed by atoms with E-state index in [1.165, 1.54) is 12.8 Å². The van der Waals surface area contributed by atoms with Crippen LogP contribution in [0.15, 0.2) is 18.5 Å². The van der Waals surface area contributed by atoms with Crippen LogP contribution in [0.3, 0.4) is 0 Å². The van der Waals surface area contributed by atoms with Gasteiger partial charge in [-0.05, 0) is 50.6 Å². The van der Waals surface area contributed by atoms with Gasteiger partial charge in [0.1, 0.15) is 5.82 Å². The minimum Gasteiger partial charge on any atom is -0.341 e. The molecule has 0 radical (unpaired) electrons. The molecule has 5 nitrogen and oxygen atoms in total. The predicted octanol–water partition coefficient (Wildman–Crippen LogP) is 1.56. The molecule has 0 N–H and O–H groups in total. The monoisotopic (exact) mass is 300 g/mol. The van der Waals surface area contributed by atoms with Crippen molar-refractivity contribution in [1.29, 1.82) is 0 Å². The first-order chi connectivity index (χ1) is 10.7. The van der Waals surface area contributed by atoms with Crippen molar-refractivity contribution < 1.29 is 4.79 Å². The smallest absolute Gasteiger partial charge is 0.226 e. The normalized spacial score (nSPS) is 30.8. The number of aromatic nitrogens is 2. The van der Waals surface area contributed by atoms with E-state index in [0.717, 1.165) is 50.1 Å². The van der Waals surface area contributed by atoms with Gasteiger partial charge < -0.3 is 4.90 Å². The third kappa shape index (κ3) is 2.86. The summed E-state index contributed by atoms with van der Waals surface area (Å²) in [4.78, 5) is 25.5. The maximum Gasteiger partial charge on any atom is 0.226 e. The Morgan fingerprint density at radius 3 is 2.82 bits per heavy atom. The Balaban J connectivity index is 1.29. The van der Waals surface area contributed by atoms with E-state index in [9.17, 15) is 4.79 Å². The second kappa shape index (κ2) is 5.61. The second-order valence-corrected chi connectivity index (χ2v) is 7.15. The van der Waals surface area contributed by atoms with E-state index < -0.39 is 0 Å². The van der Waals surface area contributed by atoms with Crippen LogP contribution in [0.4, 0.5) is 0 Å². The fourth-order valence-corrected chi connectivity index (χ4v) is 3.84. The molecule has 1 aromatic rings. The minimum absolute atomic E-state index is 0.356. The molecule has 0 aromatic carbocycles. The number of rotatable bonds is 5. The molecule has 22 heavy (non-hydrogen) atoms. The molecule has 1 aliphatic heterocycles. The Bertz CT molecular complexity index is 545. The lowest BCUT2D eigenvalue weighted by Gasteiger charge is -2.24. The molecule has 3 aliphatic rings. The molecule has 0 spiro atoms. The Morgan fingerprint density at radius 1 is 1.32 bits per heavy atom. The molecule has 118 valence electrons. The van der Waals surface area contributed by atoms with Crippen molar-refractivity contribution in [2.24, 2.45) is 17.8 Å². The van der Waals surface area contributed by atoms with Crippen LogP contribution in [0, 0.1) is 17.8 Å². The predicted molar refractivity (Wildman–Crippen MR) is 82.8 cm³/mol. The molecule has 1 aromatic heterocycles. The summed E-state index contributed by atoms with van der Waals surface area (Å²) in [6, 6.07) is 2.27. The highest BCUT2D eigenvalue weighted by Crippen LogP contribution is 2.55. The van der Waals surface area contributed by atoms with Crippen molar-refractivity contribution in [2.75, 3.05) is 20.1 Å². The van der Waals surface area contributed by atoms with Gasteiger partial charge in [-0.3, -0.25) is 9.69 Å². The molecule has 2 aliphatic carbocycles. The first-order valence-corrected chi connectivity index (χ1v) is 8.47. The van der Waals surface area contributed by atoms with Crippen molar-refractivity contribution >= 4 is 5.91 Å². The Kier molecular flexibility index (Phi) is 3.60. The molecule has 1 amide bonds. The summed E-state index contributed by atoms with van der Waals surface area (Å²) in [5.74, 6) is 3.23. The molecule has 4 rings (SSSR count). The summed E-state index contributed by atoms with van der Waals surface area (Å²) in [5, 5.41) is 0. The van der Waals surface area contributed by atoms with Crippen LogP contribution in [0.5, 0.6) is 0 Å². The van der Waals surface area contributed by atoms with Gasteiger partial charge >= 0.3 is 0 Å². The quantitative estimate of drug-likeness (QED) is 0.828. The van der Waals surface area contributed by atoms with Crippen molar-refractivity contribution in [1.82, 2.24) is 19.8 Å². The maximum absolute atomic E-state index is 12.6. The van der Waals surface area contributed by atoms with Crippen molar-refractivity contribution in [3.05, 3.63) is 24.3 Å². The number of carbonyl (C=O) groups excluding carboxylic acids is 1. The molecule has 2 heterocycles. The van der Waals surface area contributed by atoms with Gasteiger partial charge in [0.15, 0.2) is 0 Å². The molecule has 3 fully saturated rings. The number of likely N-dealkylation sites (N-methyl/N-ethyl adjacent to an activating group) is 1. The Hall–Kier alpha value is -1.49.